The van der Waals surface area contributed by atoms with E-state index >= 15 is 0 Å². The number of hydrogen-bond donors (Lipinski definition) is 0. The summed E-state index contributed by atoms with van der Waals surface area (Å²) in [5.74, 6) is -1.08. The molecule has 24 heavy (non-hydrogen) atoms. The zero-order valence-corrected chi connectivity index (χ0v) is 12.4. The van der Waals surface area contributed by atoms with Crippen LogP contribution in [0.15, 0.2) is 24.4 Å². The van der Waals surface area contributed by atoms with Gasteiger partial charge >= 0.3 is 6.18 Å². The van der Waals surface area contributed by atoms with Gasteiger partial charge in [0.05, 0.1) is 17.3 Å². The van der Waals surface area contributed by atoms with Crippen molar-refractivity contribution in [2.24, 2.45) is 0 Å². The Bertz CT molecular complexity index is 889. The van der Waals surface area contributed by atoms with Gasteiger partial charge in [-0.25, -0.2) is 14.3 Å². The van der Waals surface area contributed by atoms with Crippen LogP contribution >= 0.6 is 11.6 Å². The molecule has 0 spiro atoms. The summed E-state index contributed by atoms with van der Waals surface area (Å²) < 4.78 is 40.0. The van der Waals surface area contributed by atoms with E-state index in [1.165, 1.54) is 12.3 Å². The molecule has 0 aromatic carbocycles. The predicted molar refractivity (Wildman–Crippen MR) is 73.7 cm³/mol. The van der Waals surface area contributed by atoms with Crippen LogP contribution in [0.5, 0.6) is 0 Å². The van der Waals surface area contributed by atoms with Crippen LogP contribution in [0.1, 0.15) is 22.0 Å². The molecule has 0 saturated carbocycles. The van der Waals surface area contributed by atoms with Crippen molar-refractivity contribution >= 4 is 17.9 Å². The summed E-state index contributed by atoms with van der Waals surface area (Å²) in [6.07, 6.45) is -2.77. The summed E-state index contributed by atoms with van der Waals surface area (Å²) in [5, 5.41) is 13.5. The lowest BCUT2D eigenvalue weighted by molar-refractivity contribution is -0.147. The number of carbonyl (C=O) groups excluding carboxylic acids is 1. The van der Waals surface area contributed by atoms with Crippen LogP contribution in [0.2, 0.25) is 5.02 Å². The highest BCUT2D eigenvalue weighted by molar-refractivity contribution is 6.32. The molecular formula is C12H7ClF3N7O. The molecule has 8 nitrogen and oxygen atoms in total. The third-order valence-corrected chi connectivity index (χ3v) is 3.24. The molecule has 0 aliphatic heterocycles. The van der Waals surface area contributed by atoms with Crippen LogP contribution in [-0.4, -0.2) is 41.3 Å². The Hall–Kier alpha value is -2.82. The number of aromatic nitrogens is 7. The maximum atomic E-state index is 12.8. The van der Waals surface area contributed by atoms with Gasteiger partial charge < -0.3 is 0 Å². The van der Waals surface area contributed by atoms with Gasteiger partial charge in [-0.2, -0.15) is 18.3 Å². The van der Waals surface area contributed by atoms with Crippen LogP contribution in [0.3, 0.4) is 0 Å². The predicted octanol–water partition coefficient (Wildman–Crippen LogP) is 1.79. The van der Waals surface area contributed by atoms with Crippen LogP contribution < -0.4 is 0 Å². The van der Waals surface area contributed by atoms with E-state index in [-0.39, 0.29) is 28.8 Å². The topological polar surface area (TPSA) is 91.4 Å². The van der Waals surface area contributed by atoms with E-state index in [0.29, 0.717) is 11.0 Å². The summed E-state index contributed by atoms with van der Waals surface area (Å²) in [5.41, 5.74) is 0.212. The molecule has 0 aliphatic rings. The summed E-state index contributed by atoms with van der Waals surface area (Å²) in [6, 6.07) is 4.44. The number of alkyl halides is 3. The Labute approximate surface area is 136 Å². The summed E-state index contributed by atoms with van der Waals surface area (Å²) in [6.45, 7) is -0.375. The number of carbonyl (C=O) groups is 1. The standard InChI is InChI=1S/C12H7ClF3N7O/c13-9-2-1-3-17-10(9)23-8(6-24)4-7(19-23)5-22-11(12(14,15)16)18-20-21-22/h1-4,6H,5H2. The third kappa shape index (κ3) is 2.97. The fraction of sp³-hybridized carbons (Fsp3) is 0.167. The second-order valence-corrected chi connectivity index (χ2v) is 4.96. The van der Waals surface area contributed by atoms with Crippen molar-refractivity contribution in [3.05, 3.63) is 46.6 Å². The van der Waals surface area contributed by atoms with Crippen molar-refractivity contribution < 1.29 is 18.0 Å². The first-order valence-electron chi connectivity index (χ1n) is 6.38. The SMILES string of the molecule is O=Cc1cc(Cn2nnnc2C(F)(F)F)nn1-c1ncccc1Cl. The lowest BCUT2D eigenvalue weighted by Gasteiger charge is -2.06. The highest BCUT2D eigenvalue weighted by Gasteiger charge is 2.38. The van der Waals surface area contributed by atoms with Gasteiger partial charge in [-0.15, -0.1) is 5.10 Å². The second kappa shape index (κ2) is 6.00. The molecule has 3 rings (SSSR count). The molecule has 3 aromatic rings. The summed E-state index contributed by atoms with van der Waals surface area (Å²) >= 11 is 6.00. The maximum Gasteiger partial charge on any atom is 0.453 e. The number of aldehydes is 1. The lowest BCUT2D eigenvalue weighted by atomic mass is 10.3. The van der Waals surface area contributed by atoms with Gasteiger partial charge in [-0.05, 0) is 28.6 Å². The number of tetrazole rings is 1. The number of hydrogen-bond acceptors (Lipinski definition) is 6. The monoisotopic (exact) mass is 357 g/mol. The van der Waals surface area contributed by atoms with Crippen molar-refractivity contribution in [3.63, 3.8) is 0 Å². The van der Waals surface area contributed by atoms with Gasteiger partial charge in [0.2, 0.25) is 0 Å². The van der Waals surface area contributed by atoms with Gasteiger partial charge in [0.25, 0.3) is 5.82 Å². The van der Waals surface area contributed by atoms with Gasteiger partial charge in [0.1, 0.15) is 5.69 Å². The van der Waals surface area contributed by atoms with E-state index < -0.39 is 12.0 Å². The van der Waals surface area contributed by atoms with Crippen LogP contribution in [0.25, 0.3) is 5.82 Å². The molecule has 0 saturated heterocycles. The lowest BCUT2D eigenvalue weighted by Crippen LogP contribution is -2.17. The molecule has 0 aliphatic carbocycles. The normalized spacial score (nSPS) is 11.7. The zero-order valence-electron chi connectivity index (χ0n) is 11.6. The molecule has 124 valence electrons. The third-order valence-electron chi connectivity index (χ3n) is 2.95. The molecule has 0 unspecified atom stereocenters. The van der Waals surface area contributed by atoms with E-state index in [1.807, 2.05) is 0 Å². The Kier molecular flexibility index (Phi) is 4.01. The fourth-order valence-corrected chi connectivity index (χ4v) is 2.18. The Morgan fingerprint density at radius 1 is 1.33 bits per heavy atom. The first-order valence-corrected chi connectivity index (χ1v) is 6.76. The number of pyridine rings is 1. The maximum absolute atomic E-state index is 12.8. The second-order valence-electron chi connectivity index (χ2n) is 4.56. The van der Waals surface area contributed by atoms with Gasteiger partial charge in [-0.3, -0.25) is 4.79 Å². The summed E-state index contributed by atoms with van der Waals surface area (Å²) in [4.78, 5) is 15.2. The highest BCUT2D eigenvalue weighted by atomic mass is 35.5. The minimum absolute atomic E-state index is 0.0761. The van der Waals surface area contributed by atoms with Gasteiger partial charge in [-0.1, -0.05) is 11.6 Å². The first kappa shape index (κ1) is 16.1. The minimum atomic E-state index is -4.70. The van der Waals surface area contributed by atoms with E-state index in [1.54, 1.807) is 12.1 Å². The summed E-state index contributed by atoms with van der Waals surface area (Å²) in [7, 11) is 0. The first-order chi connectivity index (χ1) is 11.4. The molecular weight excluding hydrogens is 351 g/mol. The smallest absolute Gasteiger partial charge is 0.296 e. The average molecular weight is 358 g/mol. The van der Waals surface area contributed by atoms with Gasteiger partial charge in [0.15, 0.2) is 12.1 Å². The largest absolute Gasteiger partial charge is 0.453 e. The van der Waals surface area contributed by atoms with Crippen molar-refractivity contribution in [1.29, 1.82) is 0 Å². The van der Waals surface area contributed by atoms with Crippen molar-refractivity contribution in [2.75, 3.05) is 0 Å². The molecule has 0 N–H and O–H groups in total. The van der Waals surface area contributed by atoms with E-state index in [4.69, 9.17) is 11.6 Å². The molecule has 3 heterocycles. The van der Waals surface area contributed by atoms with Crippen molar-refractivity contribution in [2.45, 2.75) is 12.7 Å². The molecule has 3 aromatic heterocycles. The molecule has 0 radical (unpaired) electrons. The molecule has 0 atom stereocenters. The van der Waals surface area contributed by atoms with E-state index in [2.05, 4.69) is 25.6 Å². The zero-order chi connectivity index (χ0) is 17.3. The van der Waals surface area contributed by atoms with Crippen LogP contribution in [0, 0.1) is 0 Å². The molecule has 0 fully saturated rings. The van der Waals surface area contributed by atoms with Crippen molar-refractivity contribution in [1.82, 2.24) is 35.0 Å². The van der Waals surface area contributed by atoms with Gasteiger partial charge in [0, 0.05) is 6.20 Å². The molecule has 12 heteroatoms. The fourth-order valence-electron chi connectivity index (χ4n) is 1.98. The minimum Gasteiger partial charge on any atom is -0.296 e. The molecule has 0 bridgehead atoms. The quantitative estimate of drug-likeness (QED) is 0.661. The van der Waals surface area contributed by atoms with E-state index in [9.17, 15) is 18.0 Å². The number of halogens is 4. The Morgan fingerprint density at radius 2 is 2.12 bits per heavy atom. The Morgan fingerprint density at radius 3 is 2.79 bits per heavy atom. The highest BCUT2D eigenvalue weighted by Crippen LogP contribution is 2.27. The molecule has 0 amide bonds. The number of rotatable bonds is 4. The van der Waals surface area contributed by atoms with Crippen LogP contribution in [-0.2, 0) is 12.7 Å². The van der Waals surface area contributed by atoms with Crippen molar-refractivity contribution in [3.8, 4) is 5.82 Å². The number of nitrogens with zero attached hydrogens (tertiary/aromatic N) is 7. The van der Waals surface area contributed by atoms with Crippen LogP contribution in [0.4, 0.5) is 13.2 Å². The Balaban J connectivity index is 1.99. The average Bonchev–Trinajstić information content (AvgIpc) is 3.14. The van der Waals surface area contributed by atoms with E-state index in [0.717, 1.165) is 4.68 Å².